The van der Waals surface area contributed by atoms with Gasteiger partial charge in [0.05, 0.1) is 11.9 Å². The summed E-state index contributed by atoms with van der Waals surface area (Å²) in [5.74, 6) is 0.463. The van der Waals surface area contributed by atoms with E-state index in [2.05, 4.69) is 70.0 Å². The zero-order valence-corrected chi connectivity index (χ0v) is 13.5. The summed E-state index contributed by atoms with van der Waals surface area (Å²) < 4.78 is 0. The normalized spacial score (nSPS) is 12.3. The Morgan fingerprint density at radius 2 is 1.89 bits per heavy atom. The van der Waals surface area contributed by atoms with Crippen molar-refractivity contribution in [2.45, 2.75) is 46.0 Å². The van der Waals surface area contributed by atoms with E-state index in [1.54, 1.807) is 0 Å². The summed E-state index contributed by atoms with van der Waals surface area (Å²) in [6, 6.07) is 2.26. The van der Waals surface area contributed by atoms with Crippen LogP contribution in [0.15, 0.2) is 12.3 Å². The standard InChI is InChI=1S/C16H29N3/c1-12(2)15-14(16(3,4)5)10-13(11-18-15)17-8-9-19(6)7/h10-12,17H,8-9H2,1-7H3. The molecule has 0 amide bonds. The quantitative estimate of drug-likeness (QED) is 0.881. The molecule has 0 aliphatic heterocycles. The highest BCUT2D eigenvalue weighted by Crippen LogP contribution is 2.30. The van der Waals surface area contributed by atoms with E-state index in [-0.39, 0.29) is 5.41 Å². The lowest BCUT2D eigenvalue weighted by atomic mass is 9.83. The molecule has 1 heterocycles. The number of hydrogen-bond donors (Lipinski definition) is 1. The summed E-state index contributed by atoms with van der Waals surface area (Å²) >= 11 is 0. The maximum atomic E-state index is 4.67. The average Bonchev–Trinajstić information content (AvgIpc) is 2.27. The maximum Gasteiger partial charge on any atom is 0.0530 e. The molecule has 108 valence electrons. The van der Waals surface area contributed by atoms with Crippen molar-refractivity contribution in [3.05, 3.63) is 23.5 Å². The van der Waals surface area contributed by atoms with Gasteiger partial charge >= 0.3 is 0 Å². The summed E-state index contributed by atoms with van der Waals surface area (Å²) in [5.41, 5.74) is 3.81. The van der Waals surface area contributed by atoms with E-state index in [0.717, 1.165) is 18.8 Å². The summed E-state index contributed by atoms with van der Waals surface area (Å²) in [5, 5.41) is 3.45. The van der Waals surface area contributed by atoms with Crippen LogP contribution >= 0.6 is 0 Å². The third-order valence-corrected chi connectivity index (χ3v) is 3.16. The summed E-state index contributed by atoms with van der Waals surface area (Å²) in [6.07, 6.45) is 1.96. The molecule has 0 aromatic carbocycles. The first-order valence-corrected chi connectivity index (χ1v) is 7.11. The molecule has 0 spiro atoms. The molecule has 3 heteroatoms. The van der Waals surface area contributed by atoms with Crippen molar-refractivity contribution in [1.29, 1.82) is 0 Å². The minimum absolute atomic E-state index is 0.131. The smallest absolute Gasteiger partial charge is 0.0530 e. The van der Waals surface area contributed by atoms with Crippen LogP contribution in [0.5, 0.6) is 0 Å². The number of hydrogen-bond acceptors (Lipinski definition) is 3. The predicted octanol–water partition coefficient (Wildman–Crippen LogP) is 3.48. The number of nitrogens with one attached hydrogen (secondary N) is 1. The molecule has 19 heavy (non-hydrogen) atoms. The number of pyridine rings is 1. The van der Waals surface area contributed by atoms with Gasteiger partial charge in [-0.3, -0.25) is 4.98 Å². The van der Waals surface area contributed by atoms with E-state index < -0.39 is 0 Å². The van der Waals surface area contributed by atoms with Crippen LogP contribution in [0.1, 0.15) is 51.8 Å². The molecule has 1 N–H and O–H groups in total. The highest BCUT2D eigenvalue weighted by atomic mass is 15.1. The number of nitrogens with zero attached hydrogens (tertiary/aromatic N) is 2. The summed E-state index contributed by atoms with van der Waals surface area (Å²) in [7, 11) is 4.17. The van der Waals surface area contributed by atoms with E-state index in [0.29, 0.717) is 5.92 Å². The molecule has 1 aromatic heterocycles. The van der Waals surface area contributed by atoms with Crippen molar-refractivity contribution in [2.24, 2.45) is 0 Å². The van der Waals surface area contributed by atoms with Gasteiger partial charge < -0.3 is 10.2 Å². The van der Waals surface area contributed by atoms with Crippen LogP contribution in [0.25, 0.3) is 0 Å². The molecule has 1 aromatic rings. The Morgan fingerprint density at radius 3 is 2.37 bits per heavy atom. The second kappa shape index (κ2) is 6.38. The molecule has 0 bridgehead atoms. The Kier molecular flexibility index (Phi) is 5.36. The van der Waals surface area contributed by atoms with Gasteiger partial charge in [-0.25, -0.2) is 0 Å². The van der Waals surface area contributed by atoms with Gasteiger partial charge in [-0.05, 0) is 37.1 Å². The first-order chi connectivity index (χ1) is 8.71. The fourth-order valence-electron chi connectivity index (χ4n) is 2.06. The summed E-state index contributed by atoms with van der Waals surface area (Å²) in [6.45, 7) is 13.1. The van der Waals surface area contributed by atoms with Crippen molar-refractivity contribution in [1.82, 2.24) is 9.88 Å². The van der Waals surface area contributed by atoms with Crippen LogP contribution in [-0.2, 0) is 5.41 Å². The molecule has 0 unspecified atom stereocenters. The lowest BCUT2D eigenvalue weighted by Gasteiger charge is -2.25. The Bertz CT molecular complexity index is 403. The molecule has 0 saturated carbocycles. The Labute approximate surface area is 118 Å². The molecule has 0 radical (unpaired) electrons. The van der Waals surface area contributed by atoms with Gasteiger partial charge in [-0.15, -0.1) is 0 Å². The zero-order chi connectivity index (χ0) is 14.6. The van der Waals surface area contributed by atoms with Crippen LogP contribution in [0.4, 0.5) is 5.69 Å². The zero-order valence-electron chi connectivity index (χ0n) is 13.5. The molecular weight excluding hydrogens is 234 g/mol. The first-order valence-electron chi connectivity index (χ1n) is 7.11. The van der Waals surface area contributed by atoms with E-state index in [9.17, 15) is 0 Å². The third-order valence-electron chi connectivity index (χ3n) is 3.16. The number of rotatable bonds is 5. The summed E-state index contributed by atoms with van der Waals surface area (Å²) in [4.78, 5) is 6.84. The highest BCUT2D eigenvalue weighted by molar-refractivity contribution is 5.47. The minimum atomic E-state index is 0.131. The molecule has 3 nitrogen and oxygen atoms in total. The van der Waals surface area contributed by atoms with Crippen LogP contribution in [0, 0.1) is 0 Å². The maximum absolute atomic E-state index is 4.67. The predicted molar refractivity (Wildman–Crippen MR) is 84.1 cm³/mol. The van der Waals surface area contributed by atoms with Gasteiger partial charge in [0.1, 0.15) is 0 Å². The van der Waals surface area contributed by atoms with Crippen LogP contribution in [-0.4, -0.2) is 37.1 Å². The molecule has 0 fully saturated rings. The van der Waals surface area contributed by atoms with Gasteiger partial charge in [0.15, 0.2) is 0 Å². The average molecular weight is 263 g/mol. The van der Waals surface area contributed by atoms with Gasteiger partial charge in [-0.1, -0.05) is 34.6 Å². The van der Waals surface area contributed by atoms with Crippen LogP contribution < -0.4 is 5.32 Å². The fraction of sp³-hybridized carbons (Fsp3) is 0.688. The Balaban J connectivity index is 2.92. The monoisotopic (exact) mass is 263 g/mol. The highest BCUT2D eigenvalue weighted by Gasteiger charge is 2.21. The number of aromatic nitrogens is 1. The van der Waals surface area contributed by atoms with Crippen molar-refractivity contribution in [3.8, 4) is 0 Å². The van der Waals surface area contributed by atoms with E-state index in [1.807, 2.05) is 6.20 Å². The second-order valence-corrected chi connectivity index (χ2v) is 6.79. The van der Waals surface area contributed by atoms with E-state index in [1.165, 1.54) is 11.3 Å². The van der Waals surface area contributed by atoms with Crippen LogP contribution in [0.3, 0.4) is 0 Å². The van der Waals surface area contributed by atoms with Crippen molar-refractivity contribution < 1.29 is 0 Å². The molecule has 0 saturated heterocycles. The molecule has 0 atom stereocenters. The Morgan fingerprint density at radius 1 is 1.26 bits per heavy atom. The lowest BCUT2D eigenvalue weighted by molar-refractivity contribution is 0.425. The van der Waals surface area contributed by atoms with Gasteiger partial charge in [0.25, 0.3) is 0 Å². The van der Waals surface area contributed by atoms with E-state index >= 15 is 0 Å². The second-order valence-electron chi connectivity index (χ2n) is 6.79. The molecule has 0 aliphatic carbocycles. The number of anilines is 1. The largest absolute Gasteiger partial charge is 0.383 e. The van der Waals surface area contributed by atoms with Gasteiger partial charge in [0, 0.05) is 18.8 Å². The van der Waals surface area contributed by atoms with Crippen molar-refractivity contribution in [3.63, 3.8) is 0 Å². The minimum Gasteiger partial charge on any atom is -0.383 e. The van der Waals surface area contributed by atoms with E-state index in [4.69, 9.17) is 0 Å². The van der Waals surface area contributed by atoms with Crippen molar-refractivity contribution >= 4 is 5.69 Å². The molecule has 0 aliphatic rings. The first kappa shape index (κ1) is 16.0. The SMILES string of the molecule is CC(C)c1ncc(NCCN(C)C)cc1C(C)(C)C. The van der Waals surface area contributed by atoms with Crippen molar-refractivity contribution in [2.75, 3.05) is 32.5 Å². The third kappa shape index (κ3) is 4.83. The lowest BCUT2D eigenvalue weighted by Crippen LogP contribution is -2.22. The van der Waals surface area contributed by atoms with Gasteiger partial charge in [0.2, 0.25) is 0 Å². The Hall–Kier alpha value is -1.09. The number of likely N-dealkylation sites (N-methyl/N-ethyl adjacent to an activating group) is 1. The topological polar surface area (TPSA) is 28.2 Å². The molecule has 1 rings (SSSR count). The molecular formula is C16H29N3. The van der Waals surface area contributed by atoms with Crippen LogP contribution in [0.2, 0.25) is 0 Å². The fourth-order valence-corrected chi connectivity index (χ4v) is 2.06. The van der Waals surface area contributed by atoms with Gasteiger partial charge in [-0.2, -0.15) is 0 Å².